The van der Waals surface area contributed by atoms with Crippen molar-refractivity contribution < 1.29 is 18.0 Å². The van der Waals surface area contributed by atoms with Gasteiger partial charge in [0, 0.05) is 30.2 Å². The molecule has 0 saturated heterocycles. The summed E-state index contributed by atoms with van der Waals surface area (Å²) in [7, 11) is 0. The second-order valence-electron chi connectivity index (χ2n) is 7.27. The quantitative estimate of drug-likeness (QED) is 0.467. The Morgan fingerprint density at radius 2 is 1.84 bits per heavy atom. The molecule has 0 aliphatic heterocycles. The van der Waals surface area contributed by atoms with E-state index in [9.17, 15) is 18.0 Å². The van der Waals surface area contributed by atoms with Crippen LogP contribution in [0.2, 0.25) is 0 Å². The highest BCUT2D eigenvalue weighted by atomic mass is 19.4. The molecule has 8 heteroatoms. The smallest absolute Gasteiger partial charge is 0.384 e. The molecule has 4 rings (SSSR count). The SMILES string of the molecule is Nc1cccc(-c2ccn3c(-c4cccc(CC(=O)CCC(F)(F)F)c4)cnc3c2)n1. The number of benzene rings is 1. The summed E-state index contributed by atoms with van der Waals surface area (Å²) in [5.41, 5.74) is 10.4. The normalized spacial score (nSPS) is 11.7. The summed E-state index contributed by atoms with van der Waals surface area (Å²) >= 11 is 0. The monoisotopic (exact) mass is 424 g/mol. The maximum atomic E-state index is 12.3. The van der Waals surface area contributed by atoms with Crippen molar-refractivity contribution in [1.82, 2.24) is 14.4 Å². The Balaban J connectivity index is 1.58. The van der Waals surface area contributed by atoms with Crippen molar-refractivity contribution in [2.75, 3.05) is 5.73 Å². The highest BCUT2D eigenvalue weighted by Gasteiger charge is 2.27. The van der Waals surface area contributed by atoms with Crippen LogP contribution in [0.3, 0.4) is 0 Å². The van der Waals surface area contributed by atoms with Crippen LogP contribution in [0.15, 0.2) is 67.0 Å². The topological polar surface area (TPSA) is 73.3 Å². The number of anilines is 1. The standard InChI is InChI=1S/C23H19F3N4O/c24-23(25,26)9-7-18(31)12-15-3-1-4-17(11-15)20-14-28-22-13-16(8-10-30(20)22)19-5-2-6-21(27)29-19/h1-6,8,10-11,13-14H,7,9,12H2,(H2,27,29). The zero-order valence-corrected chi connectivity index (χ0v) is 16.4. The van der Waals surface area contributed by atoms with Gasteiger partial charge in [-0.1, -0.05) is 24.3 Å². The Kier molecular flexibility index (Phi) is 5.46. The van der Waals surface area contributed by atoms with Gasteiger partial charge < -0.3 is 5.73 Å². The number of nitrogen functional groups attached to an aromatic ring is 1. The van der Waals surface area contributed by atoms with Gasteiger partial charge in [-0.25, -0.2) is 9.97 Å². The summed E-state index contributed by atoms with van der Waals surface area (Å²) < 4.78 is 38.9. The van der Waals surface area contributed by atoms with E-state index in [1.807, 2.05) is 47.0 Å². The Morgan fingerprint density at radius 3 is 2.61 bits per heavy atom. The molecular weight excluding hydrogens is 405 g/mol. The number of halogens is 3. The largest absolute Gasteiger partial charge is 0.389 e. The number of hydrogen-bond donors (Lipinski definition) is 1. The molecule has 0 atom stereocenters. The molecular formula is C23H19F3N4O. The van der Waals surface area contributed by atoms with E-state index in [-0.39, 0.29) is 6.42 Å². The number of carbonyl (C=O) groups excluding carboxylic acids is 1. The molecule has 0 unspecified atom stereocenters. The van der Waals surface area contributed by atoms with Crippen molar-refractivity contribution in [3.8, 4) is 22.5 Å². The zero-order chi connectivity index (χ0) is 22.0. The molecule has 0 amide bonds. The van der Waals surface area contributed by atoms with Gasteiger partial charge in [0.05, 0.1) is 24.0 Å². The molecule has 0 aliphatic carbocycles. The van der Waals surface area contributed by atoms with Crippen molar-refractivity contribution >= 4 is 17.2 Å². The predicted molar refractivity (Wildman–Crippen MR) is 112 cm³/mol. The van der Waals surface area contributed by atoms with Crippen LogP contribution in [-0.2, 0) is 11.2 Å². The summed E-state index contributed by atoms with van der Waals surface area (Å²) in [4.78, 5) is 20.7. The molecule has 158 valence electrons. The lowest BCUT2D eigenvalue weighted by atomic mass is 10.0. The number of fused-ring (bicyclic) bond motifs is 1. The molecule has 3 heterocycles. The Labute approximate surface area is 176 Å². The number of alkyl halides is 3. The number of nitrogens with zero attached hydrogens (tertiary/aromatic N) is 3. The maximum Gasteiger partial charge on any atom is 0.389 e. The molecule has 2 N–H and O–H groups in total. The lowest BCUT2D eigenvalue weighted by Crippen LogP contribution is -2.12. The third-order valence-corrected chi connectivity index (χ3v) is 4.89. The van der Waals surface area contributed by atoms with Crippen LogP contribution < -0.4 is 5.73 Å². The van der Waals surface area contributed by atoms with Gasteiger partial charge in [0.2, 0.25) is 0 Å². The first-order chi connectivity index (χ1) is 14.8. The van der Waals surface area contributed by atoms with Gasteiger partial charge in [-0.3, -0.25) is 9.20 Å². The van der Waals surface area contributed by atoms with E-state index >= 15 is 0 Å². The minimum Gasteiger partial charge on any atom is -0.384 e. The summed E-state index contributed by atoms with van der Waals surface area (Å²) in [6.07, 6.45) is -2.37. The fourth-order valence-corrected chi connectivity index (χ4v) is 3.40. The van der Waals surface area contributed by atoms with Gasteiger partial charge in [0.25, 0.3) is 0 Å². The third kappa shape index (κ3) is 4.91. The Morgan fingerprint density at radius 1 is 1.03 bits per heavy atom. The van der Waals surface area contributed by atoms with E-state index < -0.39 is 24.8 Å². The van der Waals surface area contributed by atoms with Crippen LogP contribution >= 0.6 is 0 Å². The molecule has 0 radical (unpaired) electrons. The fourth-order valence-electron chi connectivity index (χ4n) is 3.40. The van der Waals surface area contributed by atoms with E-state index in [0.717, 1.165) is 22.5 Å². The Hall–Kier alpha value is -3.68. The maximum absolute atomic E-state index is 12.3. The molecule has 0 bridgehead atoms. The third-order valence-electron chi connectivity index (χ3n) is 4.89. The van der Waals surface area contributed by atoms with E-state index in [4.69, 9.17) is 5.73 Å². The van der Waals surface area contributed by atoms with Crippen molar-refractivity contribution in [1.29, 1.82) is 0 Å². The van der Waals surface area contributed by atoms with Crippen LogP contribution in [0.5, 0.6) is 0 Å². The molecule has 0 spiro atoms. The van der Waals surface area contributed by atoms with E-state index in [1.165, 1.54) is 0 Å². The highest BCUT2D eigenvalue weighted by Crippen LogP contribution is 2.26. The van der Waals surface area contributed by atoms with E-state index in [0.29, 0.717) is 17.0 Å². The summed E-state index contributed by atoms with van der Waals surface area (Å²) in [6.45, 7) is 0. The molecule has 0 saturated carbocycles. The number of carbonyl (C=O) groups is 1. The first-order valence-electron chi connectivity index (χ1n) is 9.66. The first kappa shape index (κ1) is 20.6. The lowest BCUT2D eigenvalue weighted by molar-refractivity contribution is -0.143. The van der Waals surface area contributed by atoms with Crippen LogP contribution in [-0.4, -0.2) is 26.3 Å². The van der Waals surface area contributed by atoms with Crippen LogP contribution in [0, 0.1) is 0 Å². The Bertz CT molecular complexity index is 1250. The average molecular weight is 424 g/mol. The predicted octanol–water partition coefficient (Wildman–Crippen LogP) is 5.10. The highest BCUT2D eigenvalue weighted by molar-refractivity contribution is 5.81. The van der Waals surface area contributed by atoms with Crippen LogP contribution in [0.1, 0.15) is 18.4 Å². The lowest BCUT2D eigenvalue weighted by Gasteiger charge is -2.08. The molecule has 0 aliphatic rings. The molecule has 5 nitrogen and oxygen atoms in total. The van der Waals surface area contributed by atoms with Gasteiger partial charge in [-0.15, -0.1) is 0 Å². The fraction of sp³-hybridized carbons (Fsp3) is 0.174. The first-order valence-corrected chi connectivity index (χ1v) is 9.66. The van der Waals surface area contributed by atoms with Gasteiger partial charge in [-0.05, 0) is 35.9 Å². The van der Waals surface area contributed by atoms with Crippen LogP contribution in [0.4, 0.5) is 19.0 Å². The van der Waals surface area contributed by atoms with Gasteiger partial charge in [-0.2, -0.15) is 13.2 Å². The molecule has 31 heavy (non-hydrogen) atoms. The minimum absolute atomic E-state index is 0.0358. The number of nitrogens with two attached hydrogens (primary N) is 1. The van der Waals surface area contributed by atoms with Crippen molar-refractivity contribution in [2.24, 2.45) is 0 Å². The number of imidazole rings is 1. The second kappa shape index (κ2) is 8.22. The molecule has 4 aromatic rings. The number of Topliss-reactive ketones (excluding diaryl/α,β-unsaturated/α-hetero) is 1. The number of hydrogen-bond acceptors (Lipinski definition) is 4. The summed E-state index contributed by atoms with van der Waals surface area (Å²) in [6, 6.07) is 16.4. The summed E-state index contributed by atoms with van der Waals surface area (Å²) in [5.74, 6) is -0.00473. The minimum atomic E-state index is -4.33. The number of aromatic nitrogens is 3. The second-order valence-corrected chi connectivity index (χ2v) is 7.27. The molecule has 1 aromatic carbocycles. The van der Waals surface area contributed by atoms with E-state index in [1.54, 1.807) is 24.4 Å². The van der Waals surface area contributed by atoms with Crippen molar-refractivity contribution in [2.45, 2.75) is 25.4 Å². The van der Waals surface area contributed by atoms with Gasteiger partial charge in [0.1, 0.15) is 17.2 Å². The number of pyridine rings is 2. The number of rotatable bonds is 6. The average Bonchev–Trinajstić information content (AvgIpc) is 3.15. The summed E-state index contributed by atoms with van der Waals surface area (Å²) in [5, 5.41) is 0. The molecule has 0 fully saturated rings. The van der Waals surface area contributed by atoms with Crippen LogP contribution in [0.25, 0.3) is 28.2 Å². The zero-order valence-electron chi connectivity index (χ0n) is 16.4. The van der Waals surface area contributed by atoms with Gasteiger partial charge >= 0.3 is 6.18 Å². The van der Waals surface area contributed by atoms with Gasteiger partial charge in [0.15, 0.2) is 0 Å². The molecule has 3 aromatic heterocycles. The van der Waals surface area contributed by atoms with Crippen molar-refractivity contribution in [3.05, 3.63) is 72.6 Å². The number of ketones is 1. The van der Waals surface area contributed by atoms with E-state index in [2.05, 4.69) is 9.97 Å². The van der Waals surface area contributed by atoms with Crippen molar-refractivity contribution in [3.63, 3.8) is 0 Å².